The quantitative estimate of drug-likeness (QED) is 0.663. The summed E-state index contributed by atoms with van der Waals surface area (Å²) in [4.78, 5) is 8.06. The number of nitrogens with one attached hydrogen (secondary N) is 1. The molecule has 0 saturated carbocycles. The average molecular weight is 391 g/mol. The number of anilines is 1. The molecule has 0 amide bonds. The van der Waals surface area contributed by atoms with Gasteiger partial charge >= 0.3 is 0 Å². The number of ether oxygens (including phenoxy) is 1. The van der Waals surface area contributed by atoms with Crippen LogP contribution in [0.5, 0.6) is 5.75 Å². The van der Waals surface area contributed by atoms with Gasteiger partial charge < -0.3 is 4.74 Å². The molecule has 2 heterocycles. The van der Waals surface area contributed by atoms with E-state index in [4.69, 9.17) is 4.74 Å². The van der Waals surface area contributed by atoms with Gasteiger partial charge in [0, 0.05) is 11.8 Å². The highest BCUT2D eigenvalue weighted by Crippen LogP contribution is 2.14. The summed E-state index contributed by atoms with van der Waals surface area (Å²) in [6.45, 7) is 3.64. The minimum absolute atomic E-state index is 0.0869. The van der Waals surface area contributed by atoms with Crippen LogP contribution in [0.3, 0.4) is 0 Å². The molecule has 0 radical (unpaired) electrons. The fraction of sp³-hybridized carbons (Fsp3) is 0.235. The molecule has 2 aromatic heterocycles. The van der Waals surface area contributed by atoms with Crippen molar-refractivity contribution in [3.05, 3.63) is 59.9 Å². The molecule has 0 bridgehead atoms. The van der Waals surface area contributed by atoms with Gasteiger partial charge in [0.2, 0.25) is 10.0 Å². The third-order valence-electron chi connectivity index (χ3n) is 3.57. The van der Waals surface area contributed by atoms with Gasteiger partial charge in [0.1, 0.15) is 36.1 Å². The molecule has 0 atom stereocenters. The van der Waals surface area contributed by atoms with Crippen molar-refractivity contribution in [3.63, 3.8) is 0 Å². The summed E-state index contributed by atoms with van der Waals surface area (Å²) < 4.78 is 46.6. The van der Waals surface area contributed by atoms with E-state index in [9.17, 15) is 12.8 Å². The predicted molar refractivity (Wildman–Crippen MR) is 97.9 cm³/mol. The molecule has 0 saturated heterocycles. The number of nitrogens with zero attached hydrogens (tertiary/aromatic N) is 4. The van der Waals surface area contributed by atoms with Crippen LogP contribution in [-0.2, 0) is 10.0 Å². The first-order valence-corrected chi connectivity index (χ1v) is 9.72. The molecule has 142 valence electrons. The molecule has 0 aliphatic carbocycles. The zero-order valence-electron chi connectivity index (χ0n) is 14.8. The van der Waals surface area contributed by atoms with Gasteiger partial charge in [-0.3, -0.25) is 4.72 Å². The van der Waals surface area contributed by atoms with E-state index in [1.807, 2.05) is 19.9 Å². The van der Waals surface area contributed by atoms with Crippen molar-refractivity contribution in [2.45, 2.75) is 13.8 Å². The van der Waals surface area contributed by atoms with Gasteiger partial charge in [-0.2, -0.15) is 5.10 Å². The number of benzene rings is 1. The van der Waals surface area contributed by atoms with Crippen molar-refractivity contribution in [2.75, 3.05) is 17.1 Å². The number of rotatable bonds is 7. The van der Waals surface area contributed by atoms with Gasteiger partial charge in [0.25, 0.3) is 0 Å². The zero-order valence-corrected chi connectivity index (χ0v) is 15.6. The summed E-state index contributed by atoms with van der Waals surface area (Å²) in [6, 6.07) is 8.73. The summed E-state index contributed by atoms with van der Waals surface area (Å²) >= 11 is 0. The first kappa shape index (κ1) is 18.8. The van der Waals surface area contributed by atoms with Gasteiger partial charge in [0.05, 0.1) is 5.69 Å². The SMILES string of the molecule is Cc1cc(C)n(-c2cc(NS(=O)(=O)CCOc3ccc(F)cc3)ncn2)n1. The van der Waals surface area contributed by atoms with E-state index in [0.29, 0.717) is 11.6 Å². The Morgan fingerprint density at radius 1 is 1.15 bits per heavy atom. The Balaban J connectivity index is 1.64. The second kappa shape index (κ2) is 7.70. The van der Waals surface area contributed by atoms with Crippen LogP contribution in [0, 0.1) is 19.7 Å². The summed E-state index contributed by atoms with van der Waals surface area (Å²) in [5, 5.41) is 4.31. The summed E-state index contributed by atoms with van der Waals surface area (Å²) in [5.74, 6) is 0.299. The van der Waals surface area contributed by atoms with E-state index in [2.05, 4.69) is 19.8 Å². The lowest BCUT2D eigenvalue weighted by atomic mass is 10.3. The van der Waals surface area contributed by atoms with Gasteiger partial charge in [-0.1, -0.05) is 0 Å². The molecule has 1 aromatic carbocycles. The molecule has 3 aromatic rings. The molecule has 3 rings (SSSR count). The normalized spacial score (nSPS) is 11.4. The van der Waals surface area contributed by atoms with E-state index in [0.717, 1.165) is 11.4 Å². The van der Waals surface area contributed by atoms with Crippen molar-refractivity contribution in [3.8, 4) is 11.6 Å². The van der Waals surface area contributed by atoms with Crippen LogP contribution in [-0.4, -0.2) is 40.5 Å². The Labute approximate surface area is 156 Å². The standard InChI is InChI=1S/C17H18FN5O3S/c1-12-9-13(2)23(21-12)17-10-16(19-11-20-17)22-27(24,25)8-7-26-15-5-3-14(18)4-6-15/h3-6,9-11H,7-8H2,1-2H3,(H,19,20,22). The van der Waals surface area contributed by atoms with Crippen LogP contribution in [0.1, 0.15) is 11.4 Å². The minimum Gasteiger partial charge on any atom is -0.492 e. The van der Waals surface area contributed by atoms with E-state index in [1.54, 1.807) is 4.68 Å². The molecule has 0 fully saturated rings. The Hall–Kier alpha value is -3.01. The second-order valence-corrected chi connectivity index (χ2v) is 7.67. The van der Waals surface area contributed by atoms with Crippen LogP contribution in [0.25, 0.3) is 5.82 Å². The van der Waals surface area contributed by atoms with Crippen molar-refractivity contribution in [1.82, 2.24) is 19.7 Å². The second-order valence-electron chi connectivity index (χ2n) is 5.82. The largest absolute Gasteiger partial charge is 0.492 e. The molecule has 0 aliphatic heterocycles. The molecule has 27 heavy (non-hydrogen) atoms. The van der Waals surface area contributed by atoms with Gasteiger partial charge in [-0.25, -0.2) is 27.5 Å². The number of aryl methyl sites for hydroxylation is 2. The zero-order chi connectivity index (χ0) is 19.4. The molecule has 1 N–H and O–H groups in total. The van der Waals surface area contributed by atoms with Crippen LogP contribution in [0.15, 0.2) is 42.7 Å². The molecular weight excluding hydrogens is 373 g/mol. The van der Waals surface area contributed by atoms with E-state index in [-0.39, 0.29) is 24.0 Å². The Kier molecular flexibility index (Phi) is 5.36. The number of hydrogen-bond donors (Lipinski definition) is 1. The van der Waals surface area contributed by atoms with Crippen LogP contribution < -0.4 is 9.46 Å². The minimum atomic E-state index is -3.69. The van der Waals surface area contributed by atoms with Crippen molar-refractivity contribution in [2.24, 2.45) is 0 Å². The molecule has 0 aliphatic rings. The van der Waals surface area contributed by atoms with E-state index < -0.39 is 10.0 Å². The highest BCUT2D eigenvalue weighted by atomic mass is 32.2. The Morgan fingerprint density at radius 2 is 1.89 bits per heavy atom. The predicted octanol–water partition coefficient (Wildman–Crippen LogP) is 2.24. The number of hydrogen-bond acceptors (Lipinski definition) is 6. The molecule has 8 nitrogen and oxygen atoms in total. The van der Waals surface area contributed by atoms with Gasteiger partial charge in [-0.15, -0.1) is 0 Å². The first-order chi connectivity index (χ1) is 12.8. The summed E-state index contributed by atoms with van der Waals surface area (Å²) in [6.07, 6.45) is 1.26. The Bertz CT molecular complexity index is 1030. The highest BCUT2D eigenvalue weighted by molar-refractivity contribution is 7.92. The third-order valence-corrected chi connectivity index (χ3v) is 4.80. The lowest BCUT2D eigenvalue weighted by Gasteiger charge is -2.10. The summed E-state index contributed by atoms with van der Waals surface area (Å²) in [7, 11) is -3.69. The first-order valence-electron chi connectivity index (χ1n) is 8.07. The maximum Gasteiger partial charge on any atom is 0.237 e. The van der Waals surface area contributed by atoms with Crippen LogP contribution in [0.2, 0.25) is 0 Å². The molecule has 0 unspecified atom stereocenters. The molecule has 10 heteroatoms. The Morgan fingerprint density at radius 3 is 2.56 bits per heavy atom. The monoisotopic (exact) mass is 391 g/mol. The molecular formula is C17H18FN5O3S. The molecule has 0 spiro atoms. The van der Waals surface area contributed by atoms with Crippen molar-refractivity contribution >= 4 is 15.8 Å². The lowest BCUT2D eigenvalue weighted by Crippen LogP contribution is -2.22. The maximum atomic E-state index is 12.8. The average Bonchev–Trinajstić information content (AvgIpc) is 2.95. The number of aromatic nitrogens is 4. The number of sulfonamides is 1. The smallest absolute Gasteiger partial charge is 0.237 e. The van der Waals surface area contributed by atoms with Crippen molar-refractivity contribution < 1.29 is 17.5 Å². The third kappa shape index (κ3) is 5.00. The van der Waals surface area contributed by atoms with Gasteiger partial charge in [-0.05, 0) is 44.2 Å². The van der Waals surface area contributed by atoms with E-state index in [1.165, 1.54) is 36.7 Å². The number of halogens is 1. The summed E-state index contributed by atoms with van der Waals surface area (Å²) in [5.41, 5.74) is 1.69. The lowest BCUT2D eigenvalue weighted by molar-refractivity contribution is 0.340. The maximum absolute atomic E-state index is 12.8. The van der Waals surface area contributed by atoms with Gasteiger partial charge in [0.15, 0.2) is 5.82 Å². The van der Waals surface area contributed by atoms with E-state index >= 15 is 0 Å². The topological polar surface area (TPSA) is 99.0 Å². The fourth-order valence-corrected chi connectivity index (χ4v) is 3.23. The van der Waals surface area contributed by atoms with Crippen LogP contribution in [0.4, 0.5) is 10.2 Å². The highest BCUT2D eigenvalue weighted by Gasteiger charge is 2.13. The van der Waals surface area contributed by atoms with Crippen LogP contribution >= 0.6 is 0 Å². The fourth-order valence-electron chi connectivity index (χ4n) is 2.39. The van der Waals surface area contributed by atoms with Crippen molar-refractivity contribution in [1.29, 1.82) is 0 Å².